The number of aryl methyl sites for hydroxylation is 2. The second-order valence-electron chi connectivity index (χ2n) is 4.94. The molecule has 2 N–H and O–H groups in total. The largest absolute Gasteiger partial charge is 0.483 e. The number of carboxylic acid groups (broad SMARTS) is 1. The highest BCUT2D eigenvalue weighted by atomic mass is 16.3. The quantitative estimate of drug-likeness (QED) is 0.659. The Morgan fingerprint density at radius 3 is 2.86 bits per heavy atom. The molecule has 0 atom stereocenters. The molecule has 0 amide bonds. The van der Waals surface area contributed by atoms with Gasteiger partial charge in [-0.1, -0.05) is 12.1 Å². The molecule has 1 aliphatic rings. The Morgan fingerprint density at radius 1 is 1.27 bits per heavy atom. The number of imidazole rings is 1. The van der Waals surface area contributed by atoms with Gasteiger partial charge >= 0.3 is 0 Å². The Labute approximate surface area is 125 Å². The molecule has 1 aromatic carbocycles. The lowest BCUT2D eigenvalue weighted by Crippen LogP contribution is -2.14. The first-order chi connectivity index (χ1) is 10.7. The van der Waals surface area contributed by atoms with E-state index in [-0.39, 0.29) is 12.0 Å². The number of nitrogens with one attached hydrogen (secondary N) is 1. The fourth-order valence-electron chi connectivity index (χ4n) is 2.69. The minimum absolute atomic E-state index is 0.213. The Bertz CT molecular complexity index is 882. The van der Waals surface area contributed by atoms with Gasteiger partial charge in [-0.15, -0.1) is 5.10 Å². The van der Waals surface area contributed by atoms with Crippen molar-refractivity contribution in [3.05, 3.63) is 52.1 Å². The molecule has 7 heteroatoms. The van der Waals surface area contributed by atoms with Crippen molar-refractivity contribution in [2.45, 2.75) is 19.3 Å². The molecular weight excluding hydrogens is 284 g/mol. The van der Waals surface area contributed by atoms with Crippen LogP contribution in [-0.2, 0) is 17.6 Å². The van der Waals surface area contributed by atoms with Crippen LogP contribution in [0.25, 0.3) is 17.0 Å². The molecule has 0 fully saturated rings. The second kappa shape index (κ2) is 5.80. The number of H-pyrrole nitrogens is 1. The molecule has 22 heavy (non-hydrogen) atoms. The van der Waals surface area contributed by atoms with E-state index in [9.17, 15) is 4.79 Å². The van der Waals surface area contributed by atoms with Gasteiger partial charge < -0.3 is 10.1 Å². The maximum absolute atomic E-state index is 11.9. The van der Waals surface area contributed by atoms with Gasteiger partial charge in [0.2, 0.25) is 5.65 Å². The van der Waals surface area contributed by atoms with E-state index in [1.807, 2.05) is 6.07 Å². The summed E-state index contributed by atoms with van der Waals surface area (Å²) in [6, 6.07) is 6.28. The van der Waals surface area contributed by atoms with Crippen LogP contribution < -0.4 is 5.56 Å². The summed E-state index contributed by atoms with van der Waals surface area (Å²) in [7, 11) is 0. The third-order valence-corrected chi connectivity index (χ3v) is 3.64. The molecule has 0 radical (unpaired) electrons. The van der Waals surface area contributed by atoms with Crippen molar-refractivity contribution in [2.24, 2.45) is 0 Å². The maximum atomic E-state index is 11.9. The number of hydrogen-bond acceptors (Lipinski definition) is 4. The number of aromatic amines is 1. The third kappa shape index (κ3) is 2.48. The van der Waals surface area contributed by atoms with Gasteiger partial charge in [0.25, 0.3) is 12.0 Å². The third-order valence-electron chi connectivity index (χ3n) is 3.64. The normalized spacial score (nSPS) is 12.5. The molecule has 112 valence electrons. The van der Waals surface area contributed by atoms with E-state index in [0.717, 1.165) is 18.4 Å². The minimum atomic E-state index is -0.250. The second-order valence-corrected chi connectivity index (χ2v) is 4.94. The molecule has 0 spiro atoms. The summed E-state index contributed by atoms with van der Waals surface area (Å²) in [4.78, 5) is 27.0. The molecule has 4 rings (SSSR count). The van der Waals surface area contributed by atoms with E-state index in [1.54, 1.807) is 12.4 Å². The van der Waals surface area contributed by atoms with Gasteiger partial charge in [-0.3, -0.25) is 9.59 Å². The van der Waals surface area contributed by atoms with Gasteiger partial charge in [-0.25, -0.2) is 9.50 Å². The summed E-state index contributed by atoms with van der Waals surface area (Å²) in [5.41, 5.74) is 3.84. The van der Waals surface area contributed by atoms with Crippen LogP contribution in [0.1, 0.15) is 17.5 Å². The molecule has 0 aliphatic heterocycles. The zero-order valence-electron chi connectivity index (χ0n) is 11.7. The van der Waals surface area contributed by atoms with Gasteiger partial charge in [-0.2, -0.15) is 0 Å². The lowest BCUT2D eigenvalue weighted by atomic mass is 10.1. The predicted octanol–water partition coefficient (Wildman–Crippen LogP) is 1.27. The summed E-state index contributed by atoms with van der Waals surface area (Å²) in [6.45, 7) is -0.250. The molecule has 3 aromatic rings. The summed E-state index contributed by atoms with van der Waals surface area (Å²) in [6.07, 6.45) is 6.73. The number of hydrogen-bond donors (Lipinski definition) is 2. The highest BCUT2D eigenvalue weighted by molar-refractivity contribution is 5.58. The van der Waals surface area contributed by atoms with Gasteiger partial charge in [0.1, 0.15) is 0 Å². The fraction of sp³-hybridized carbons (Fsp3) is 0.200. The summed E-state index contributed by atoms with van der Waals surface area (Å²) in [5.74, 6) is 0.588. The standard InChI is InChI=1S/C14H12N4O.CH2O2/c19-14-13-15-6-7-18(13)17-12(16-14)11-5-4-9-2-1-3-10(9)8-11;2-1-3/h4-8H,1-3H2,(H,16,17,19);1H,(H,2,3). The van der Waals surface area contributed by atoms with Crippen LogP contribution in [0.3, 0.4) is 0 Å². The lowest BCUT2D eigenvalue weighted by Gasteiger charge is -2.04. The van der Waals surface area contributed by atoms with Crippen molar-refractivity contribution in [2.75, 3.05) is 0 Å². The number of nitrogens with zero attached hydrogens (tertiary/aromatic N) is 3. The van der Waals surface area contributed by atoms with Crippen molar-refractivity contribution >= 4 is 12.1 Å². The topological polar surface area (TPSA) is 100 Å². The molecule has 0 bridgehead atoms. The van der Waals surface area contributed by atoms with Crippen LogP contribution in [0.4, 0.5) is 0 Å². The van der Waals surface area contributed by atoms with Crippen molar-refractivity contribution in [3.8, 4) is 11.4 Å². The minimum Gasteiger partial charge on any atom is -0.483 e. The summed E-state index contributed by atoms with van der Waals surface area (Å²) in [5, 5.41) is 11.3. The predicted molar refractivity (Wildman–Crippen MR) is 79.8 cm³/mol. The van der Waals surface area contributed by atoms with E-state index in [2.05, 4.69) is 27.2 Å². The zero-order chi connectivity index (χ0) is 15.5. The van der Waals surface area contributed by atoms with Gasteiger partial charge in [0, 0.05) is 18.0 Å². The Kier molecular flexibility index (Phi) is 3.69. The Hall–Kier alpha value is -2.96. The van der Waals surface area contributed by atoms with Crippen molar-refractivity contribution in [1.29, 1.82) is 0 Å². The van der Waals surface area contributed by atoms with Crippen molar-refractivity contribution in [1.82, 2.24) is 19.6 Å². The monoisotopic (exact) mass is 298 g/mol. The van der Waals surface area contributed by atoms with Gasteiger partial charge in [0.15, 0.2) is 5.82 Å². The van der Waals surface area contributed by atoms with Crippen LogP contribution in [0.2, 0.25) is 0 Å². The highest BCUT2D eigenvalue weighted by Gasteiger charge is 2.13. The Morgan fingerprint density at radius 2 is 2.05 bits per heavy atom. The van der Waals surface area contributed by atoms with E-state index in [4.69, 9.17) is 9.90 Å². The first-order valence-corrected chi connectivity index (χ1v) is 6.86. The number of aromatic nitrogens is 4. The average molecular weight is 298 g/mol. The summed E-state index contributed by atoms with van der Waals surface area (Å²) < 4.78 is 1.52. The SMILES string of the molecule is O=CO.O=c1[nH]c(-c2ccc3c(c2)CCC3)nn2ccnc12. The maximum Gasteiger partial charge on any atom is 0.294 e. The number of benzene rings is 1. The van der Waals surface area contributed by atoms with E-state index in [0.29, 0.717) is 11.5 Å². The first-order valence-electron chi connectivity index (χ1n) is 6.86. The van der Waals surface area contributed by atoms with Crippen LogP contribution >= 0.6 is 0 Å². The molecule has 1 aliphatic carbocycles. The summed E-state index contributed by atoms with van der Waals surface area (Å²) >= 11 is 0. The van der Waals surface area contributed by atoms with E-state index < -0.39 is 0 Å². The van der Waals surface area contributed by atoms with Gasteiger partial charge in [-0.05, 0) is 36.5 Å². The van der Waals surface area contributed by atoms with E-state index in [1.165, 1.54) is 22.1 Å². The van der Waals surface area contributed by atoms with E-state index >= 15 is 0 Å². The molecule has 0 saturated carbocycles. The van der Waals surface area contributed by atoms with Crippen LogP contribution in [0, 0.1) is 0 Å². The molecule has 0 unspecified atom stereocenters. The zero-order valence-corrected chi connectivity index (χ0v) is 11.7. The highest BCUT2D eigenvalue weighted by Crippen LogP contribution is 2.26. The molecular formula is C15H14N4O3. The van der Waals surface area contributed by atoms with Crippen LogP contribution in [-0.4, -0.2) is 31.2 Å². The first kappa shape index (κ1) is 14.0. The number of fused-ring (bicyclic) bond motifs is 2. The van der Waals surface area contributed by atoms with Gasteiger partial charge in [0.05, 0.1) is 0 Å². The Balaban J connectivity index is 0.000000446. The lowest BCUT2D eigenvalue weighted by molar-refractivity contribution is -0.122. The van der Waals surface area contributed by atoms with Crippen molar-refractivity contribution < 1.29 is 9.90 Å². The molecule has 0 saturated heterocycles. The van der Waals surface area contributed by atoms with Crippen LogP contribution in [0.5, 0.6) is 0 Å². The van der Waals surface area contributed by atoms with Crippen LogP contribution in [0.15, 0.2) is 35.4 Å². The smallest absolute Gasteiger partial charge is 0.294 e. The average Bonchev–Trinajstić information content (AvgIpc) is 3.16. The number of rotatable bonds is 1. The van der Waals surface area contributed by atoms with Crippen molar-refractivity contribution in [3.63, 3.8) is 0 Å². The molecule has 7 nitrogen and oxygen atoms in total. The number of carbonyl (C=O) groups is 1. The molecule has 2 heterocycles. The molecule has 2 aromatic heterocycles. The fourth-order valence-corrected chi connectivity index (χ4v) is 2.69.